The summed E-state index contributed by atoms with van der Waals surface area (Å²) in [4.78, 5) is 0. The number of methoxy groups -OCH3 is 1. The molecule has 0 N–H and O–H groups in total. The average Bonchev–Trinajstić information content (AvgIpc) is 2.89. The van der Waals surface area contributed by atoms with Crippen LogP contribution in [0.1, 0.15) is 17.5 Å². The third kappa shape index (κ3) is 3.04. The molecule has 0 saturated carbocycles. The van der Waals surface area contributed by atoms with Crippen molar-refractivity contribution in [1.82, 2.24) is 9.78 Å². The number of aromatic nitrogens is 2. The lowest BCUT2D eigenvalue weighted by atomic mass is 10.0. The van der Waals surface area contributed by atoms with E-state index in [1.165, 1.54) is 11.1 Å². The maximum Gasteiger partial charge on any atom is 0.120 e. The fraction of sp³-hybridized carbons (Fsp3) is 0.500. The van der Waals surface area contributed by atoms with Crippen LogP contribution in [0.15, 0.2) is 18.3 Å². The van der Waals surface area contributed by atoms with E-state index in [1.807, 2.05) is 10.7 Å². The highest BCUT2D eigenvalue weighted by Crippen LogP contribution is 2.39. The van der Waals surface area contributed by atoms with Gasteiger partial charge in [-0.2, -0.15) is 5.10 Å². The molecule has 0 radical (unpaired) electrons. The zero-order chi connectivity index (χ0) is 16.5. The monoisotopic (exact) mass is 348 g/mol. The van der Waals surface area contributed by atoms with Gasteiger partial charge in [-0.25, -0.2) is 0 Å². The van der Waals surface area contributed by atoms with E-state index in [0.29, 0.717) is 31.4 Å². The van der Waals surface area contributed by atoms with Gasteiger partial charge in [0.05, 0.1) is 44.2 Å². The molecule has 6 heteroatoms. The first kappa shape index (κ1) is 15.9. The third-order valence-corrected chi connectivity index (χ3v) is 4.92. The van der Waals surface area contributed by atoms with Gasteiger partial charge in [0.1, 0.15) is 11.9 Å². The van der Waals surface area contributed by atoms with Crippen LogP contribution in [0, 0.1) is 0 Å². The normalized spacial score (nSPS) is 20.2. The Kier molecular flexibility index (Phi) is 4.48. The summed E-state index contributed by atoms with van der Waals surface area (Å²) in [5.41, 5.74) is 4.49. The Bertz CT molecular complexity index is 738. The summed E-state index contributed by atoms with van der Waals surface area (Å²) in [6, 6.07) is 3.94. The van der Waals surface area contributed by atoms with Crippen molar-refractivity contribution in [3.05, 3.63) is 34.5 Å². The molecular weight excluding hydrogens is 328 g/mol. The van der Waals surface area contributed by atoms with Gasteiger partial charge in [0.25, 0.3) is 0 Å². The zero-order valence-corrected chi connectivity index (χ0v) is 14.5. The lowest BCUT2D eigenvalue weighted by molar-refractivity contribution is -0.0946. The summed E-state index contributed by atoms with van der Waals surface area (Å²) >= 11 is 6.55. The maximum atomic E-state index is 6.55. The first-order valence-electron chi connectivity index (χ1n) is 8.37. The van der Waals surface area contributed by atoms with E-state index in [4.69, 9.17) is 30.9 Å². The molecular formula is C18H21ClN2O3. The number of ether oxygens (including phenoxy) is 3. The summed E-state index contributed by atoms with van der Waals surface area (Å²) in [6.07, 6.45) is 5.27. The number of aryl methyl sites for hydroxylation is 2. The van der Waals surface area contributed by atoms with Crippen LogP contribution in [0.3, 0.4) is 0 Å². The van der Waals surface area contributed by atoms with Crippen LogP contribution in [0.25, 0.3) is 11.3 Å². The van der Waals surface area contributed by atoms with Crippen molar-refractivity contribution in [1.29, 1.82) is 0 Å². The van der Waals surface area contributed by atoms with Crippen molar-refractivity contribution >= 4 is 11.6 Å². The highest BCUT2D eigenvalue weighted by molar-refractivity contribution is 6.33. The Hall–Kier alpha value is -1.56. The maximum absolute atomic E-state index is 6.55. The number of fused-ring (bicyclic) bond motifs is 3. The van der Waals surface area contributed by atoms with Crippen LogP contribution < -0.4 is 4.74 Å². The number of hydrogen-bond acceptors (Lipinski definition) is 4. The van der Waals surface area contributed by atoms with Crippen LogP contribution >= 0.6 is 11.6 Å². The Balaban J connectivity index is 1.68. The molecule has 4 rings (SSSR count). The Morgan fingerprint density at radius 3 is 2.96 bits per heavy atom. The highest BCUT2D eigenvalue weighted by atomic mass is 35.5. The number of hydrogen-bond donors (Lipinski definition) is 0. The van der Waals surface area contributed by atoms with Crippen molar-refractivity contribution < 1.29 is 14.2 Å². The molecule has 5 nitrogen and oxygen atoms in total. The molecule has 1 aliphatic carbocycles. The van der Waals surface area contributed by atoms with Gasteiger partial charge in [-0.3, -0.25) is 4.68 Å². The van der Waals surface area contributed by atoms with Gasteiger partial charge in [-0.05, 0) is 42.5 Å². The number of nitrogens with zero attached hydrogens (tertiary/aromatic N) is 2. The second-order valence-electron chi connectivity index (χ2n) is 6.29. The molecule has 24 heavy (non-hydrogen) atoms. The van der Waals surface area contributed by atoms with Gasteiger partial charge >= 0.3 is 0 Å². The fourth-order valence-corrected chi connectivity index (χ4v) is 3.80. The summed E-state index contributed by atoms with van der Waals surface area (Å²) in [6.45, 7) is 2.66. The van der Waals surface area contributed by atoms with Crippen LogP contribution in [0.4, 0.5) is 0 Å². The summed E-state index contributed by atoms with van der Waals surface area (Å²) in [5.74, 6) is 0.800. The molecule has 0 spiro atoms. The van der Waals surface area contributed by atoms with Crippen molar-refractivity contribution in [2.75, 3.05) is 26.9 Å². The molecule has 0 bridgehead atoms. The van der Waals surface area contributed by atoms with Crippen LogP contribution in [0.5, 0.6) is 5.75 Å². The van der Waals surface area contributed by atoms with Crippen LogP contribution in [0.2, 0.25) is 5.02 Å². The van der Waals surface area contributed by atoms with Gasteiger partial charge < -0.3 is 14.2 Å². The van der Waals surface area contributed by atoms with Gasteiger partial charge in [-0.1, -0.05) is 11.6 Å². The van der Waals surface area contributed by atoms with E-state index in [1.54, 1.807) is 7.11 Å². The molecule has 1 aromatic carbocycles. The molecule has 1 aromatic heterocycles. The first-order chi connectivity index (χ1) is 11.7. The molecule has 128 valence electrons. The molecule has 1 saturated heterocycles. The number of benzene rings is 1. The minimum atomic E-state index is 0.0631. The smallest absolute Gasteiger partial charge is 0.120 e. The lowest BCUT2D eigenvalue weighted by Crippen LogP contribution is -2.32. The second-order valence-corrected chi connectivity index (χ2v) is 6.70. The third-order valence-electron chi connectivity index (χ3n) is 4.62. The molecule has 2 heterocycles. The predicted molar refractivity (Wildman–Crippen MR) is 91.8 cm³/mol. The Labute approximate surface area is 146 Å². The van der Waals surface area contributed by atoms with Gasteiger partial charge in [0.2, 0.25) is 0 Å². The Morgan fingerprint density at radius 1 is 1.29 bits per heavy atom. The van der Waals surface area contributed by atoms with E-state index < -0.39 is 0 Å². The minimum absolute atomic E-state index is 0.0631. The van der Waals surface area contributed by atoms with Crippen molar-refractivity contribution in [2.24, 2.45) is 0 Å². The number of halogens is 1. The van der Waals surface area contributed by atoms with E-state index in [2.05, 4.69) is 12.3 Å². The second kappa shape index (κ2) is 6.75. The lowest BCUT2D eigenvalue weighted by Gasteiger charge is -2.22. The highest BCUT2D eigenvalue weighted by Gasteiger charge is 2.23. The first-order valence-corrected chi connectivity index (χ1v) is 8.75. The molecule has 1 atom stereocenters. The average molecular weight is 349 g/mol. The minimum Gasteiger partial charge on any atom is -0.497 e. The molecule has 0 amide bonds. The standard InChI is InChI=1S/C18H21ClN2O3/c1-22-14-7-12-3-2-4-13-9-21(10-15-11-23-5-6-24-15)20-18(13)17(12)16(19)8-14/h7-9,15H,2-6,10-11H2,1H3/t15-/m0/s1. The van der Waals surface area contributed by atoms with Crippen molar-refractivity contribution in [3.8, 4) is 17.0 Å². The van der Waals surface area contributed by atoms with Gasteiger partial charge in [0, 0.05) is 11.8 Å². The van der Waals surface area contributed by atoms with Gasteiger partial charge in [0.15, 0.2) is 0 Å². The van der Waals surface area contributed by atoms with Crippen molar-refractivity contribution in [2.45, 2.75) is 31.9 Å². The molecule has 1 fully saturated rings. The summed E-state index contributed by atoms with van der Waals surface area (Å²) in [5, 5.41) is 5.52. The van der Waals surface area contributed by atoms with E-state index in [9.17, 15) is 0 Å². The largest absolute Gasteiger partial charge is 0.497 e. The topological polar surface area (TPSA) is 45.5 Å². The quantitative estimate of drug-likeness (QED) is 0.855. The zero-order valence-electron chi connectivity index (χ0n) is 13.8. The molecule has 2 aliphatic rings. The molecule has 1 aliphatic heterocycles. The van der Waals surface area contributed by atoms with E-state index in [0.717, 1.165) is 36.3 Å². The molecule has 2 aromatic rings. The Morgan fingerprint density at radius 2 is 2.17 bits per heavy atom. The summed E-state index contributed by atoms with van der Waals surface area (Å²) in [7, 11) is 1.67. The fourth-order valence-electron chi connectivity index (χ4n) is 3.49. The van der Waals surface area contributed by atoms with Crippen LogP contribution in [-0.2, 0) is 28.9 Å². The molecule has 0 unspecified atom stereocenters. The predicted octanol–water partition coefficient (Wildman–Crippen LogP) is 3.12. The number of rotatable bonds is 3. The van der Waals surface area contributed by atoms with E-state index >= 15 is 0 Å². The summed E-state index contributed by atoms with van der Waals surface area (Å²) < 4.78 is 18.5. The van der Waals surface area contributed by atoms with E-state index in [-0.39, 0.29) is 6.10 Å². The van der Waals surface area contributed by atoms with Crippen molar-refractivity contribution in [3.63, 3.8) is 0 Å². The van der Waals surface area contributed by atoms with Crippen LogP contribution in [-0.4, -0.2) is 42.8 Å². The SMILES string of the molecule is COc1cc(Cl)c2c(c1)CCCc1cn(C[C@H]3COCCO3)nc1-2. The van der Waals surface area contributed by atoms with Gasteiger partial charge in [-0.15, -0.1) is 0 Å².